The minimum absolute atomic E-state index is 0.0795. The fraction of sp³-hybridized carbons (Fsp3) is 0.250. The maximum atomic E-state index is 9.30. The predicted molar refractivity (Wildman–Crippen MR) is 110 cm³/mol. The van der Waals surface area contributed by atoms with Crippen molar-refractivity contribution < 1.29 is 19.3 Å². The Kier molecular flexibility index (Phi) is 6.69. The summed E-state index contributed by atoms with van der Waals surface area (Å²) in [5, 5.41) is 9.30. The molecule has 0 saturated heterocycles. The molecule has 0 atom stereocenters. The highest BCUT2D eigenvalue weighted by molar-refractivity contribution is 5.49. The van der Waals surface area contributed by atoms with Crippen molar-refractivity contribution >= 4 is 0 Å². The van der Waals surface area contributed by atoms with Crippen molar-refractivity contribution in [2.75, 3.05) is 27.4 Å². The van der Waals surface area contributed by atoms with Crippen LogP contribution < -0.4 is 9.47 Å². The van der Waals surface area contributed by atoms with Gasteiger partial charge in [0.1, 0.15) is 17.1 Å². The van der Waals surface area contributed by atoms with E-state index in [0.29, 0.717) is 13.0 Å². The van der Waals surface area contributed by atoms with Crippen molar-refractivity contribution in [2.24, 2.45) is 0 Å². The smallest absolute Gasteiger partial charge is 0.143 e. The first-order valence-electron chi connectivity index (χ1n) is 9.34. The van der Waals surface area contributed by atoms with Gasteiger partial charge >= 0.3 is 0 Å². The van der Waals surface area contributed by atoms with Gasteiger partial charge in [0.05, 0.1) is 20.8 Å². The van der Waals surface area contributed by atoms with Crippen molar-refractivity contribution in [1.29, 1.82) is 0 Å². The van der Waals surface area contributed by atoms with E-state index in [4.69, 9.17) is 14.2 Å². The molecule has 0 radical (unpaired) electrons. The fourth-order valence-electron chi connectivity index (χ4n) is 3.36. The van der Waals surface area contributed by atoms with Crippen LogP contribution in [0.1, 0.15) is 23.1 Å². The van der Waals surface area contributed by atoms with E-state index >= 15 is 0 Å². The largest absolute Gasteiger partial charge is 0.497 e. The number of aliphatic hydroxyl groups excluding tert-OH is 1. The molecule has 0 amide bonds. The predicted octanol–water partition coefficient (Wildman–Crippen LogP) is 4.39. The Morgan fingerprint density at radius 1 is 0.679 bits per heavy atom. The van der Waals surface area contributed by atoms with Crippen molar-refractivity contribution in [3.63, 3.8) is 0 Å². The molecule has 3 rings (SSSR count). The summed E-state index contributed by atoms with van der Waals surface area (Å²) in [6.07, 6.45) is 0.556. The number of hydrogen-bond donors (Lipinski definition) is 1. The van der Waals surface area contributed by atoms with Crippen molar-refractivity contribution in [3.8, 4) is 11.5 Å². The molecule has 1 N–H and O–H groups in total. The maximum Gasteiger partial charge on any atom is 0.143 e. The number of ether oxygens (including phenoxy) is 3. The lowest BCUT2D eigenvalue weighted by Crippen LogP contribution is -2.33. The third-order valence-electron chi connectivity index (χ3n) is 4.79. The molecule has 0 aromatic heterocycles. The zero-order valence-corrected chi connectivity index (χ0v) is 16.3. The molecule has 0 aliphatic heterocycles. The van der Waals surface area contributed by atoms with Crippen LogP contribution in [-0.2, 0) is 10.3 Å². The van der Waals surface area contributed by atoms with Gasteiger partial charge in [-0.25, -0.2) is 0 Å². The topological polar surface area (TPSA) is 47.9 Å². The van der Waals surface area contributed by atoms with E-state index in [1.165, 1.54) is 0 Å². The lowest BCUT2D eigenvalue weighted by atomic mass is 9.80. The molecule has 0 heterocycles. The van der Waals surface area contributed by atoms with Crippen molar-refractivity contribution in [1.82, 2.24) is 0 Å². The quantitative estimate of drug-likeness (QED) is 0.443. The summed E-state index contributed by atoms with van der Waals surface area (Å²) in [5.41, 5.74) is 2.18. The van der Waals surface area contributed by atoms with Crippen LogP contribution in [0.2, 0.25) is 0 Å². The lowest BCUT2D eigenvalue weighted by molar-refractivity contribution is 0.00593. The molecule has 3 aromatic carbocycles. The Bertz CT molecular complexity index is 795. The number of methoxy groups -OCH3 is 2. The first-order chi connectivity index (χ1) is 13.7. The van der Waals surface area contributed by atoms with Crippen LogP contribution in [0.5, 0.6) is 11.5 Å². The van der Waals surface area contributed by atoms with Gasteiger partial charge in [-0.2, -0.15) is 0 Å². The first-order valence-corrected chi connectivity index (χ1v) is 9.34. The van der Waals surface area contributed by atoms with Gasteiger partial charge < -0.3 is 19.3 Å². The lowest BCUT2D eigenvalue weighted by Gasteiger charge is -2.36. The van der Waals surface area contributed by atoms with Gasteiger partial charge in [0.2, 0.25) is 0 Å². The summed E-state index contributed by atoms with van der Waals surface area (Å²) in [6, 6.07) is 26.0. The van der Waals surface area contributed by atoms with E-state index in [2.05, 4.69) is 12.1 Å². The van der Waals surface area contributed by atoms with Crippen LogP contribution >= 0.6 is 0 Å². The molecule has 0 fully saturated rings. The molecule has 4 heteroatoms. The minimum atomic E-state index is -0.811. The summed E-state index contributed by atoms with van der Waals surface area (Å²) < 4.78 is 17.2. The van der Waals surface area contributed by atoms with E-state index in [9.17, 15) is 5.11 Å². The molecule has 0 bridgehead atoms. The molecular formula is C24H26O4. The van der Waals surface area contributed by atoms with Gasteiger partial charge in [-0.15, -0.1) is 0 Å². The Morgan fingerprint density at radius 2 is 1.14 bits per heavy atom. The second-order valence-corrected chi connectivity index (χ2v) is 6.43. The summed E-state index contributed by atoms with van der Waals surface area (Å²) in [5.74, 6) is 1.58. The van der Waals surface area contributed by atoms with Gasteiger partial charge in [0.15, 0.2) is 0 Å². The molecule has 0 aliphatic rings. The van der Waals surface area contributed by atoms with Gasteiger partial charge in [0, 0.05) is 6.61 Å². The standard InChI is InChI=1S/C24H26O4/c1-26-22-13-9-20(10-14-22)24(28-18-6-17-25,19-7-4-3-5-8-19)21-11-15-23(27-2)16-12-21/h3-5,7-16,25H,6,17-18H2,1-2H3. The van der Waals surface area contributed by atoms with Gasteiger partial charge in [-0.05, 0) is 47.4 Å². The van der Waals surface area contributed by atoms with Gasteiger partial charge in [-0.3, -0.25) is 0 Å². The van der Waals surface area contributed by atoms with Crippen LogP contribution in [0.25, 0.3) is 0 Å². The van der Waals surface area contributed by atoms with Crippen LogP contribution in [0.4, 0.5) is 0 Å². The van der Waals surface area contributed by atoms with Crippen LogP contribution in [-0.4, -0.2) is 32.5 Å². The molecule has 28 heavy (non-hydrogen) atoms. The SMILES string of the molecule is COc1ccc(C(OCCCO)(c2ccccc2)c2ccc(OC)cc2)cc1. The summed E-state index contributed by atoms with van der Waals surface area (Å²) >= 11 is 0. The highest BCUT2D eigenvalue weighted by Crippen LogP contribution is 2.41. The minimum Gasteiger partial charge on any atom is -0.497 e. The number of benzene rings is 3. The summed E-state index contributed by atoms with van der Waals surface area (Å²) in [6.45, 7) is 0.500. The van der Waals surface area contributed by atoms with Gasteiger partial charge in [0.25, 0.3) is 0 Å². The summed E-state index contributed by atoms with van der Waals surface area (Å²) in [4.78, 5) is 0. The zero-order chi connectivity index (χ0) is 19.8. The first kappa shape index (κ1) is 19.9. The maximum absolute atomic E-state index is 9.30. The molecule has 0 aliphatic carbocycles. The highest BCUT2D eigenvalue weighted by Gasteiger charge is 2.37. The van der Waals surface area contributed by atoms with Crippen LogP contribution in [0.15, 0.2) is 78.9 Å². The second kappa shape index (κ2) is 9.40. The third kappa shape index (κ3) is 4.03. The van der Waals surface area contributed by atoms with E-state index < -0.39 is 5.60 Å². The molecule has 0 unspecified atom stereocenters. The monoisotopic (exact) mass is 378 g/mol. The van der Waals surface area contributed by atoms with E-state index in [-0.39, 0.29) is 6.61 Å². The van der Waals surface area contributed by atoms with E-state index in [1.54, 1.807) is 14.2 Å². The van der Waals surface area contributed by atoms with Gasteiger partial charge in [-0.1, -0.05) is 54.6 Å². The Morgan fingerprint density at radius 3 is 1.57 bits per heavy atom. The third-order valence-corrected chi connectivity index (χ3v) is 4.79. The van der Waals surface area contributed by atoms with Crippen LogP contribution in [0.3, 0.4) is 0 Å². The average Bonchev–Trinajstić information content (AvgIpc) is 2.78. The number of rotatable bonds is 9. The molecule has 0 saturated carbocycles. The molecule has 146 valence electrons. The molecular weight excluding hydrogens is 352 g/mol. The molecule has 0 spiro atoms. The normalized spacial score (nSPS) is 11.2. The fourth-order valence-corrected chi connectivity index (χ4v) is 3.36. The second-order valence-electron chi connectivity index (χ2n) is 6.43. The summed E-state index contributed by atoms with van der Waals surface area (Å²) in [7, 11) is 3.31. The zero-order valence-electron chi connectivity index (χ0n) is 16.3. The average molecular weight is 378 g/mol. The highest BCUT2D eigenvalue weighted by atomic mass is 16.5. The van der Waals surface area contributed by atoms with Crippen molar-refractivity contribution in [2.45, 2.75) is 12.0 Å². The Balaban J connectivity index is 2.20. The Labute approximate surface area is 166 Å². The van der Waals surface area contributed by atoms with Crippen molar-refractivity contribution in [3.05, 3.63) is 95.6 Å². The Hall–Kier alpha value is -2.82. The number of aliphatic hydroxyl groups is 1. The molecule has 4 nitrogen and oxygen atoms in total. The molecule has 3 aromatic rings. The van der Waals surface area contributed by atoms with Crippen LogP contribution in [0, 0.1) is 0 Å². The van der Waals surface area contributed by atoms with E-state index in [1.807, 2.05) is 66.7 Å². The van der Waals surface area contributed by atoms with E-state index in [0.717, 1.165) is 28.2 Å². The number of hydrogen-bond acceptors (Lipinski definition) is 4.